The van der Waals surface area contributed by atoms with Gasteiger partial charge in [0.05, 0.1) is 0 Å². The first-order chi connectivity index (χ1) is 7.20. The first-order valence-corrected chi connectivity index (χ1v) is 6.46. The highest BCUT2D eigenvalue weighted by atomic mass is 16.2. The van der Waals surface area contributed by atoms with Crippen LogP contribution < -0.4 is 0 Å². The number of hydrogen-bond acceptors (Lipinski definition) is 1. The molecule has 1 atom stereocenters. The van der Waals surface area contributed by atoms with Crippen molar-refractivity contribution in [2.75, 3.05) is 7.05 Å². The second kappa shape index (κ2) is 6.27. The molecule has 0 N–H and O–H groups in total. The van der Waals surface area contributed by atoms with Crippen LogP contribution in [0.3, 0.4) is 0 Å². The van der Waals surface area contributed by atoms with Crippen LogP contribution in [0, 0.1) is 23.7 Å². The van der Waals surface area contributed by atoms with Crippen molar-refractivity contribution in [1.82, 2.24) is 4.90 Å². The predicted octanol–water partition coefficient (Wildman–Crippen LogP) is 3.42. The monoisotopic (exact) mass is 227 g/mol. The molecule has 0 saturated heterocycles. The molecular weight excluding hydrogens is 198 g/mol. The van der Waals surface area contributed by atoms with Gasteiger partial charge in [-0.25, -0.2) is 0 Å². The maximum absolute atomic E-state index is 12.3. The summed E-state index contributed by atoms with van der Waals surface area (Å²) >= 11 is 0. The van der Waals surface area contributed by atoms with E-state index in [4.69, 9.17) is 0 Å². The number of amides is 1. The van der Waals surface area contributed by atoms with Gasteiger partial charge in [0.25, 0.3) is 0 Å². The van der Waals surface area contributed by atoms with Crippen LogP contribution in [0.25, 0.3) is 0 Å². The van der Waals surface area contributed by atoms with E-state index in [1.807, 2.05) is 18.9 Å². The summed E-state index contributed by atoms with van der Waals surface area (Å²) in [7, 11) is 1.95. The number of carbonyl (C=O) groups excluding carboxylic acids is 1. The maximum atomic E-state index is 12.3. The van der Waals surface area contributed by atoms with Crippen LogP contribution >= 0.6 is 0 Å². The number of hydrogen-bond donors (Lipinski definition) is 0. The lowest BCUT2D eigenvalue weighted by molar-refractivity contribution is -0.139. The highest BCUT2D eigenvalue weighted by Gasteiger charge is 2.29. The summed E-state index contributed by atoms with van der Waals surface area (Å²) in [6, 6.07) is 0.341. The van der Waals surface area contributed by atoms with Gasteiger partial charge >= 0.3 is 0 Å². The van der Waals surface area contributed by atoms with Crippen molar-refractivity contribution in [1.29, 1.82) is 0 Å². The average Bonchev–Trinajstić information content (AvgIpc) is 2.13. The lowest BCUT2D eigenvalue weighted by Gasteiger charge is -2.36. The number of nitrogens with zero attached hydrogens (tertiary/aromatic N) is 1. The first-order valence-electron chi connectivity index (χ1n) is 6.46. The molecular formula is C14H29NO. The van der Waals surface area contributed by atoms with E-state index in [9.17, 15) is 4.79 Å². The third-order valence-corrected chi connectivity index (χ3v) is 3.55. The van der Waals surface area contributed by atoms with Gasteiger partial charge < -0.3 is 4.90 Å². The number of rotatable bonds is 5. The Morgan fingerprint density at radius 2 is 1.19 bits per heavy atom. The van der Waals surface area contributed by atoms with Gasteiger partial charge in [0.2, 0.25) is 5.91 Å². The maximum Gasteiger partial charge on any atom is 0.225 e. The molecule has 0 fully saturated rings. The lowest BCUT2D eigenvalue weighted by Crippen LogP contribution is -2.46. The summed E-state index contributed by atoms with van der Waals surface area (Å²) < 4.78 is 0. The minimum absolute atomic E-state index is 0.116. The zero-order chi connectivity index (χ0) is 13.0. The van der Waals surface area contributed by atoms with Crippen molar-refractivity contribution in [2.45, 2.75) is 54.5 Å². The quantitative estimate of drug-likeness (QED) is 0.705. The van der Waals surface area contributed by atoms with Crippen molar-refractivity contribution in [3.63, 3.8) is 0 Å². The molecule has 0 unspecified atom stereocenters. The van der Waals surface area contributed by atoms with Crippen molar-refractivity contribution < 1.29 is 4.79 Å². The molecule has 0 aliphatic rings. The molecule has 0 radical (unpaired) electrons. The van der Waals surface area contributed by atoms with Crippen LogP contribution in [0.15, 0.2) is 0 Å². The first kappa shape index (κ1) is 15.5. The van der Waals surface area contributed by atoms with Crippen molar-refractivity contribution in [3.8, 4) is 0 Å². The highest BCUT2D eigenvalue weighted by molar-refractivity contribution is 5.78. The summed E-state index contributed by atoms with van der Waals surface area (Å²) in [5.74, 6) is 1.82. The Labute approximate surface area is 101 Å². The predicted molar refractivity (Wildman–Crippen MR) is 70.2 cm³/mol. The zero-order valence-corrected chi connectivity index (χ0v) is 12.2. The van der Waals surface area contributed by atoms with E-state index in [-0.39, 0.29) is 11.8 Å². The van der Waals surface area contributed by atoms with E-state index in [0.717, 1.165) is 0 Å². The van der Waals surface area contributed by atoms with Crippen LogP contribution in [0.2, 0.25) is 0 Å². The van der Waals surface area contributed by atoms with Gasteiger partial charge in [0.15, 0.2) is 0 Å². The fraction of sp³-hybridized carbons (Fsp3) is 0.929. The molecule has 16 heavy (non-hydrogen) atoms. The SMILES string of the molecule is CC(C)C(C(C)C)N(C)C(=O)[C@@H](C)C(C)C. The molecule has 0 bridgehead atoms. The second-order valence-electron chi connectivity index (χ2n) is 5.96. The Bertz CT molecular complexity index is 213. The number of carbonyl (C=O) groups is 1. The lowest BCUT2D eigenvalue weighted by atomic mass is 9.89. The molecule has 2 nitrogen and oxygen atoms in total. The van der Waals surface area contributed by atoms with E-state index in [1.54, 1.807) is 0 Å². The molecule has 0 spiro atoms. The Morgan fingerprint density at radius 3 is 1.44 bits per heavy atom. The van der Waals surface area contributed by atoms with E-state index >= 15 is 0 Å². The standard InChI is InChI=1S/C14H29NO/c1-9(2)12(7)14(16)15(8)13(10(3)4)11(5)6/h9-13H,1-8H3/t12-/m0/s1. The summed E-state index contributed by atoms with van der Waals surface area (Å²) in [6.45, 7) is 15.0. The normalized spacial score (nSPS) is 14.0. The largest absolute Gasteiger partial charge is 0.342 e. The van der Waals surface area contributed by atoms with Crippen LogP contribution in [-0.4, -0.2) is 23.9 Å². The van der Waals surface area contributed by atoms with Gasteiger partial charge in [0.1, 0.15) is 0 Å². The van der Waals surface area contributed by atoms with Gasteiger partial charge in [-0.05, 0) is 17.8 Å². The van der Waals surface area contributed by atoms with Gasteiger partial charge in [-0.1, -0.05) is 48.5 Å². The molecule has 0 rings (SSSR count). The summed E-state index contributed by atoms with van der Waals surface area (Å²) in [5, 5.41) is 0. The van der Waals surface area contributed by atoms with Gasteiger partial charge in [-0.2, -0.15) is 0 Å². The topological polar surface area (TPSA) is 20.3 Å². The van der Waals surface area contributed by atoms with E-state index in [1.165, 1.54) is 0 Å². The van der Waals surface area contributed by atoms with E-state index in [0.29, 0.717) is 23.8 Å². The molecule has 0 saturated carbocycles. The summed E-state index contributed by atoms with van der Waals surface area (Å²) in [6.07, 6.45) is 0. The minimum Gasteiger partial charge on any atom is -0.342 e. The zero-order valence-electron chi connectivity index (χ0n) is 12.2. The second-order valence-corrected chi connectivity index (χ2v) is 5.96. The third kappa shape index (κ3) is 3.80. The Balaban J connectivity index is 4.74. The minimum atomic E-state index is 0.116. The summed E-state index contributed by atoms with van der Waals surface area (Å²) in [5.41, 5.74) is 0. The fourth-order valence-corrected chi connectivity index (χ4v) is 2.42. The molecule has 0 aromatic carbocycles. The molecule has 96 valence electrons. The highest BCUT2D eigenvalue weighted by Crippen LogP contribution is 2.22. The summed E-state index contributed by atoms with van der Waals surface area (Å²) in [4.78, 5) is 14.2. The van der Waals surface area contributed by atoms with Crippen molar-refractivity contribution in [2.24, 2.45) is 23.7 Å². The van der Waals surface area contributed by atoms with Gasteiger partial charge in [0, 0.05) is 19.0 Å². The van der Waals surface area contributed by atoms with Crippen molar-refractivity contribution in [3.05, 3.63) is 0 Å². The van der Waals surface area contributed by atoms with E-state index in [2.05, 4.69) is 41.5 Å². The molecule has 0 heterocycles. The van der Waals surface area contributed by atoms with Crippen molar-refractivity contribution >= 4 is 5.91 Å². The van der Waals surface area contributed by atoms with Gasteiger partial charge in [-0.15, -0.1) is 0 Å². The molecule has 2 heteroatoms. The van der Waals surface area contributed by atoms with Gasteiger partial charge in [-0.3, -0.25) is 4.79 Å². The third-order valence-electron chi connectivity index (χ3n) is 3.55. The Morgan fingerprint density at radius 1 is 0.812 bits per heavy atom. The Kier molecular flexibility index (Phi) is 6.06. The average molecular weight is 227 g/mol. The molecule has 1 amide bonds. The molecule has 0 aromatic heterocycles. The smallest absolute Gasteiger partial charge is 0.225 e. The molecule has 0 aliphatic heterocycles. The van der Waals surface area contributed by atoms with E-state index < -0.39 is 0 Å². The van der Waals surface area contributed by atoms with Crippen LogP contribution in [0.5, 0.6) is 0 Å². The Hall–Kier alpha value is -0.530. The fourth-order valence-electron chi connectivity index (χ4n) is 2.42. The van der Waals surface area contributed by atoms with Crippen LogP contribution in [0.4, 0.5) is 0 Å². The van der Waals surface area contributed by atoms with Crippen LogP contribution in [0.1, 0.15) is 48.5 Å². The molecule has 0 aromatic rings. The molecule has 0 aliphatic carbocycles. The van der Waals surface area contributed by atoms with Crippen LogP contribution in [-0.2, 0) is 4.79 Å².